The lowest BCUT2D eigenvalue weighted by Crippen LogP contribution is -2.39. The molecule has 5 rings (SSSR count). The number of anilines is 1. The van der Waals surface area contributed by atoms with Gasteiger partial charge in [0, 0.05) is 49.9 Å². The summed E-state index contributed by atoms with van der Waals surface area (Å²) in [7, 11) is 1.48. The van der Waals surface area contributed by atoms with Crippen molar-refractivity contribution < 1.29 is 24.8 Å². The SMILES string of the molecule is COc1c(Br)cc(O)c2c1c(=O)c1c(NCCN3CCOCC3)ccc3c(CNC(CO)CO)nn2c31. The molecule has 2 aromatic heterocycles. The molecular formula is C25H30BrN5O6. The van der Waals surface area contributed by atoms with Crippen LogP contribution >= 0.6 is 15.9 Å². The summed E-state index contributed by atoms with van der Waals surface area (Å²) in [5.41, 5.74) is 1.83. The summed E-state index contributed by atoms with van der Waals surface area (Å²) in [6.45, 7) is 4.40. The number of morpholine rings is 1. The zero-order valence-corrected chi connectivity index (χ0v) is 22.0. The first-order chi connectivity index (χ1) is 18.0. The van der Waals surface area contributed by atoms with Crippen LogP contribution in [0.3, 0.4) is 0 Å². The van der Waals surface area contributed by atoms with E-state index in [1.807, 2.05) is 12.1 Å². The molecule has 0 bridgehead atoms. The van der Waals surface area contributed by atoms with Crippen LogP contribution in [0.25, 0.3) is 27.2 Å². The molecule has 5 N–H and O–H groups in total. The number of hydrogen-bond acceptors (Lipinski definition) is 10. The Labute approximate surface area is 221 Å². The lowest BCUT2D eigenvalue weighted by molar-refractivity contribution is 0.0398. The maximum Gasteiger partial charge on any atom is 0.203 e. The minimum atomic E-state index is -0.510. The zero-order chi connectivity index (χ0) is 26.1. The molecule has 3 heterocycles. The Bertz CT molecular complexity index is 1470. The van der Waals surface area contributed by atoms with Crippen molar-refractivity contribution >= 4 is 48.8 Å². The number of nitrogens with one attached hydrogen (secondary N) is 2. The quantitative estimate of drug-likeness (QED) is 0.174. The summed E-state index contributed by atoms with van der Waals surface area (Å²) in [5, 5.41) is 42.5. The summed E-state index contributed by atoms with van der Waals surface area (Å²) in [6.07, 6.45) is 0. The van der Waals surface area contributed by atoms with Gasteiger partial charge in [0.2, 0.25) is 5.43 Å². The number of halogens is 1. The summed E-state index contributed by atoms with van der Waals surface area (Å²) < 4.78 is 13.0. The van der Waals surface area contributed by atoms with Gasteiger partial charge in [0.05, 0.1) is 66.0 Å². The molecule has 0 amide bonds. The lowest BCUT2D eigenvalue weighted by Gasteiger charge is -2.26. The molecule has 1 saturated heterocycles. The van der Waals surface area contributed by atoms with Gasteiger partial charge in [-0.3, -0.25) is 9.69 Å². The van der Waals surface area contributed by atoms with Crippen LogP contribution < -0.4 is 20.8 Å². The van der Waals surface area contributed by atoms with E-state index in [1.165, 1.54) is 13.2 Å². The number of benzene rings is 2. The van der Waals surface area contributed by atoms with E-state index < -0.39 is 6.04 Å². The number of pyridine rings is 1. The molecular weight excluding hydrogens is 546 g/mol. The van der Waals surface area contributed by atoms with Crippen molar-refractivity contribution in [2.75, 3.05) is 65.0 Å². The highest BCUT2D eigenvalue weighted by molar-refractivity contribution is 9.10. The molecule has 198 valence electrons. The zero-order valence-electron chi connectivity index (χ0n) is 20.5. The molecule has 0 atom stereocenters. The first-order valence-electron chi connectivity index (χ1n) is 12.2. The predicted octanol–water partition coefficient (Wildman–Crippen LogP) is 1.10. The van der Waals surface area contributed by atoms with E-state index in [1.54, 1.807) is 4.52 Å². The van der Waals surface area contributed by atoms with Crippen LogP contribution in [0.1, 0.15) is 5.69 Å². The Morgan fingerprint density at radius 2 is 1.95 bits per heavy atom. The third kappa shape index (κ3) is 4.69. The molecule has 2 aromatic carbocycles. The van der Waals surface area contributed by atoms with E-state index >= 15 is 0 Å². The van der Waals surface area contributed by atoms with E-state index in [-0.39, 0.29) is 41.8 Å². The molecule has 0 spiro atoms. The highest BCUT2D eigenvalue weighted by Crippen LogP contribution is 2.40. The fourth-order valence-electron chi connectivity index (χ4n) is 4.90. The normalized spacial score (nSPS) is 14.9. The molecule has 4 aromatic rings. The van der Waals surface area contributed by atoms with E-state index in [2.05, 4.69) is 31.5 Å². The summed E-state index contributed by atoms with van der Waals surface area (Å²) in [5.74, 6) is 0.204. The van der Waals surface area contributed by atoms with Gasteiger partial charge in [-0.2, -0.15) is 5.10 Å². The Hall–Kier alpha value is -2.74. The largest absolute Gasteiger partial charge is 0.506 e. The third-order valence-electron chi connectivity index (χ3n) is 6.82. The number of phenols is 1. The van der Waals surface area contributed by atoms with Crippen molar-refractivity contribution in [3.8, 4) is 11.5 Å². The maximum absolute atomic E-state index is 14.0. The Kier molecular flexibility index (Phi) is 7.65. The Morgan fingerprint density at radius 1 is 1.19 bits per heavy atom. The summed E-state index contributed by atoms with van der Waals surface area (Å²) >= 11 is 3.40. The van der Waals surface area contributed by atoms with Gasteiger partial charge in [0.25, 0.3) is 0 Å². The van der Waals surface area contributed by atoms with E-state index in [0.717, 1.165) is 25.0 Å². The van der Waals surface area contributed by atoms with Crippen LogP contribution in [0.4, 0.5) is 5.69 Å². The number of aromatic hydroxyl groups is 1. The topological polar surface area (TPSA) is 141 Å². The van der Waals surface area contributed by atoms with Crippen LogP contribution in [-0.4, -0.2) is 95.6 Å². The van der Waals surface area contributed by atoms with Crippen molar-refractivity contribution in [3.63, 3.8) is 0 Å². The minimum Gasteiger partial charge on any atom is -0.506 e. The summed E-state index contributed by atoms with van der Waals surface area (Å²) in [4.78, 5) is 16.3. The van der Waals surface area contributed by atoms with E-state index in [0.29, 0.717) is 52.3 Å². The monoisotopic (exact) mass is 575 g/mol. The second kappa shape index (κ2) is 10.9. The second-order valence-corrected chi connectivity index (χ2v) is 9.88. The number of aromatic nitrogens is 2. The molecule has 11 nitrogen and oxygen atoms in total. The lowest BCUT2D eigenvalue weighted by atomic mass is 10.0. The van der Waals surface area contributed by atoms with Crippen LogP contribution in [0, 0.1) is 0 Å². The molecule has 1 aliphatic rings. The highest BCUT2D eigenvalue weighted by atomic mass is 79.9. The number of aliphatic hydroxyl groups is 2. The van der Waals surface area contributed by atoms with Gasteiger partial charge in [0.15, 0.2) is 0 Å². The van der Waals surface area contributed by atoms with Gasteiger partial charge in [-0.15, -0.1) is 0 Å². The van der Waals surface area contributed by atoms with E-state index in [4.69, 9.17) is 14.6 Å². The molecule has 12 heteroatoms. The van der Waals surface area contributed by atoms with Gasteiger partial charge in [-0.1, -0.05) is 0 Å². The average molecular weight is 576 g/mol. The van der Waals surface area contributed by atoms with Crippen molar-refractivity contribution in [1.82, 2.24) is 19.8 Å². The number of aliphatic hydroxyl groups excluding tert-OH is 2. The fourth-order valence-corrected chi connectivity index (χ4v) is 5.47. The first-order valence-corrected chi connectivity index (χ1v) is 13.0. The standard InChI is InChI=1S/C25H30BrN5O6/c1-36-25-16(26)10-19(34)23-21(25)24(35)20-17(27-4-5-30-6-8-37-9-7-30)3-2-15-18(29-31(23)22(15)20)11-28-14(12-32)13-33/h2-3,10,14,27-28,32-34H,4-9,11-13H2,1H3. The molecule has 0 saturated carbocycles. The fraction of sp³-hybridized carbons (Fsp3) is 0.440. The molecule has 0 radical (unpaired) electrons. The number of methoxy groups -OCH3 is 1. The highest BCUT2D eigenvalue weighted by Gasteiger charge is 2.25. The maximum atomic E-state index is 14.0. The van der Waals surface area contributed by atoms with Crippen LogP contribution in [0.2, 0.25) is 0 Å². The van der Waals surface area contributed by atoms with Gasteiger partial charge in [0.1, 0.15) is 17.0 Å². The Morgan fingerprint density at radius 3 is 2.65 bits per heavy atom. The van der Waals surface area contributed by atoms with Crippen LogP contribution in [0.15, 0.2) is 27.5 Å². The number of phenolic OH excluding ortho intramolecular Hbond substituents is 1. The average Bonchev–Trinajstić information content (AvgIpc) is 3.27. The van der Waals surface area contributed by atoms with Crippen molar-refractivity contribution in [1.29, 1.82) is 0 Å². The number of fused-ring (bicyclic) bond motifs is 2. The minimum absolute atomic E-state index is 0.111. The number of nitrogens with zero attached hydrogens (tertiary/aromatic N) is 3. The van der Waals surface area contributed by atoms with Crippen molar-refractivity contribution in [2.45, 2.75) is 12.6 Å². The van der Waals surface area contributed by atoms with Crippen LogP contribution in [-0.2, 0) is 11.3 Å². The van der Waals surface area contributed by atoms with Gasteiger partial charge < -0.3 is 35.4 Å². The van der Waals surface area contributed by atoms with Crippen LogP contribution in [0.5, 0.6) is 11.5 Å². The molecule has 37 heavy (non-hydrogen) atoms. The van der Waals surface area contributed by atoms with Gasteiger partial charge >= 0.3 is 0 Å². The van der Waals surface area contributed by atoms with Crippen molar-refractivity contribution in [2.24, 2.45) is 0 Å². The molecule has 1 fully saturated rings. The summed E-state index contributed by atoms with van der Waals surface area (Å²) in [6, 6.07) is 4.74. The molecule has 0 aliphatic carbocycles. The third-order valence-corrected chi connectivity index (χ3v) is 7.41. The number of ether oxygens (including phenoxy) is 2. The number of rotatable bonds is 10. The van der Waals surface area contributed by atoms with Gasteiger partial charge in [-0.25, -0.2) is 4.52 Å². The first kappa shape index (κ1) is 25.9. The predicted molar refractivity (Wildman–Crippen MR) is 144 cm³/mol. The second-order valence-electron chi connectivity index (χ2n) is 9.03. The van der Waals surface area contributed by atoms with Crippen molar-refractivity contribution in [3.05, 3.63) is 38.6 Å². The Balaban J connectivity index is 1.67. The number of hydrogen-bond donors (Lipinski definition) is 5. The smallest absolute Gasteiger partial charge is 0.203 e. The van der Waals surface area contributed by atoms with E-state index in [9.17, 15) is 20.1 Å². The molecule has 0 unspecified atom stereocenters. The van der Waals surface area contributed by atoms with Gasteiger partial charge in [-0.05, 0) is 28.1 Å². The molecule has 1 aliphatic heterocycles.